The van der Waals surface area contributed by atoms with E-state index >= 15 is 0 Å². The summed E-state index contributed by atoms with van der Waals surface area (Å²) >= 11 is 0. The number of halogens is 3. The number of hydrogen-bond donors (Lipinski definition) is 1. The Kier molecular flexibility index (Phi) is 4.80. The van der Waals surface area contributed by atoms with Crippen molar-refractivity contribution in [3.8, 4) is 5.75 Å². The molecule has 0 radical (unpaired) electrons. The number of benzene rings is 1. The van der Waals surface area contributed by atoms with Gasteiger partial charge in [-0.25, -0.2) is 0 Å². The minimum atomic E-state index is -4.69. The summed E-state index contributed by atoms with van der Waals surface area (Å²) in [7, 11) is 0. The van der Waals surface area contributed by atoms with Gasteiger partial charge in [-0.3, -0.25) is 4.98 Å². The van der Waals surface area contributed by atoms with E-state index in [1.807, 2.05) is 12.1 Å². The largest absolute Gasteiger partial charge is 0.573 e. The first-order chi connectivity index (χ1) is 9.92. The molecule has 1 N–H and O–H groups in total. The van der Waals surface area contributed by atoms with Crippen LogP contribution < -0.4 is 4.74 Å². The molecule has 2 rings (SSSR count). The zero-order chi connectivity index (χ0) is 15.3. The Morgan fingerprint density at radius 2 is 1.48 bits per heavy atom. The van der Waals surface area contributed by atoms with Gasteiger partial charge in [0, 0.05) is 12.4 Å². The molecule has 0 bridgehead atoms. The van der Waals surface area contributed by atoms with Crippen LogP contribution in [0.4, 0.5) is 13.2 Å². The summed E-state index contributed by atoms with van der Waals surface area (Å²) in [6.07, 6.45) is -1.20. The zero-order valence-electron chi connectivity index (χ0n) is 11.0. The summed E-state index contributed by atoms with van der Waals surface area (Å²) in [5.74, 6) is -0.269. The zero-order valence-corrected chi connectivity index (χ0v) is 11.0. The molecule has 0 aliphatic carbocycles. The monoisotopic (exact) mass is 297 g/mol. The third-order valence-corrected chi connectivity index (χ3v) is 2.85. The highest BCUT2D eigenvalue weighted by atomic mass is 19.4. The van der Waals surface area contributed by atoms with E-state index in [1.54, 1.807) is 12.4 Å². The second-order valence-corrected chi connectivity index (χ2v) is 4.61. The Balaban J connectivity index is 1.91. The van der Waals surface area contributed by atoms with Crippen LogP contribution in [-0.2, 0) is 12.8 Å². The van der Waals surface area contributed by atoms with Crippen LogP contribution >= 0.6 is 0 Å². The van der Waals surface area contributed by atoms with Crippen LogP contribution in [0.25, 0.3) is 0 Å². The van der Waals surface area contributed by atoms with Gasteiger partial charge in [-0.1, -0.05) is 12.1 Å². The minimum absolute atomic E-state index is 0.269. The van der Waals surface area contributed by atoms with E-state index in [2.05, 4.69) is 9.72 Å². The first kappa shape index (κ1) is 15.3. The second-order valence-electron chi connectivity index (χ2n) is 4.61. The Hall–Kier alpha value is -2.08. The van der Waals surface area contributed by atoms with E-state index in [-0.39, 0.29) is 5.75 Å². The first-order valence-corrected chi connectivity index (χ1v) is 6.34. The predicted molar refractivity (Wildman–Crippen MR) is 70.8 cm³/mol. The number of alkyl halides is 3. The van der Waals surface area contributed by atoms with Crippen LogP contribution in [0.1, 0.15) is 11.1 Å². The van der Waals surface area contributed by atoms with Crippen LogP contribution in [0.15, 0.2) is 48.8 Å². The second kappa shape index (κ2) is 6.58. The SMILES string of the molecule is OC(Cc1ccncc1)Cc1ccc(OC(F)(F)F)cc1. The molecule has 1 unspecified atom stereocenters. The van der Waals surface area contributed by atoms with E-state index in [9.17, 15) is 18.3 Å². The van der Waals surface area contributed by atoms with Crippen molar-refractivity contribution in [1.82, 2.24) is 4.98 Å². The van der Waals surface area contributed by atoms with Crippen molar-refractivity contribution in [2.75, 3.05) is 0 Å². The van der Waals surface area contributed by atoms with Crippen molar-refractivity contribution < 1.29 is 23.0 Å². The summed E-state index contributed by atoms with van der Waals surface area (Å²) in [6, 6.07) is 9.12. The van der Waals surface area contributed by atoms with Crippen LogP contribution in [0.5, 0.6) is 5.75 Å². The molecule has 0 aliphatic rings. The van der Waals surface area contributed by atoms with Gasteiger partial charge in [0.2, 0.25) is 0 Å². The van der Waals surface area contributed by atoms with Crippen LogP contribution in [0, 0.1) is 0 Å². The fourth-order valence-corrected chi connectivity index (χ4v) is 1.96. The van der Waals surface area contributed by atoms with Gasteiger partial charge in [-0.15, -0.1) is 13.2 Å². The topological polar surface area (TPSA) is 42.4 Å². The standard InChI is InChI=1S/C15H14F3NO2/c16-15(17,18)21-14-3-1-11(2-4-14)9-13(20)10-12-5-7-19-8-6-12/h1-8,13,20H,9-10H2. The first-order valence-electron chi connectivity index (χ1n) is 6.34. The fraction of sp³-hybridized carbons (Fsp3) is 0.267. The molecule has 2 aromatic rings. The van der Waals surface area contributed by atoms with Gasteiger partial charge in [0.1, 0.15) is 5.75 Å². The van der Waals surface area contributed by atoms with E-state index in [0.717, 1.165) is 11.1 Å². The summed E-state index contributed by atoms with van der Waals surface area (Å²) in [4.78, 5) is 3.89. The molecule has 1 atom stereocenters. The molecule has 1 aromatic heterocycles. The van der Waals surface area contributed by atoms with Crippen molar-refractivity contribution in [2.45, 2.75) is 25.3 Å². The maximum atomic E-state index is 12.0. The average molecular weight is 297 g/mol. The van der Waals surface area contributed by atoms with Crippen LogP contribution in [-0.4, -0.2) is 22.6 Å². The summed E-state index contributed by atoms with van der Waals surface area (Å²) in [5.41, 5.74) is 1.70. The molecular weight excluding hydrogens is 283 g/mol. The van der Waals surface area contributed by atoms with Gasteiger partial charge in [0.25, 0.3) is 0 Å². The Bertz CT molecular complexity index is 555. The van der Waals surface area contributed by atoms with E-state index < -0.39 is 12.5 Å². The lowest BCUT2D eigenvalue weighted by Gasteiger charge is -2.12. The number of aromatic nitrogens is 1. The molecule has 0 saturated carbocycles. The number of rotatable bonds is 5. The normalized spacial score (nSPS) is 13.0. The number of pyridine rings is 1. The maximum absolute atomic E-state index is 12.0. The lowest BCUT2D eigenvalue weighted by Crippen LogP contribution is -2.17. The van der Waals surface area contributed by atoms with E-state index in [1.165, 1.54) is 24.3 Å². The van der Waals surface area contributed by atoms with Crippen molar-refractivity contribution in [3.63, 3.8) is 0 Å². The summed E-state index contributed by atoms with van der Waals surface area (Å²) in [6.45, 7) is 0. The molecule has 0 aliphatic heterocycles. The molecule has 0 spiro atoms. The molecule has 0 amide bonds. The van der Waals surface area contributed by atoms with Gasteiger partial charge < -0.3 is 9.84 Å². The molecule has 3 nitrogen and oxygen atoms in total. The van der Waals surface area contributed by atoms with Gasteiger partial charge in [0.15, 0.2) is 0 Å². The lowest BCUT2D eigenvalue weighted by atomic mass is 10.0. The van der Waals surface area contributed by atoms with Crippen LogP contribution in [0.3, 0.4) is 0 Å². The van der Waals surface area contributed by atoms with Crippen molar-refractivity contribution in [2.24, 2.45) is 0 Å². The molecule has 21 heavy (non-hydrogen) atoms. The third-order valence-electron chi connectivity index (χ3n) is 2.85. The summed E-state index contributed by atoms with van der Waals surface area (Å²) < 4.78 is 39.9. The Morgan fingerprint density at radius 3 is 2.00 bits per heavy atom. The van der Waals surface area contributed by atoms with Crippen molar-refractivity contribution in [1.29, 1.82) is 0 Å². The highest BCUT2D eigenvalue weighted by Crippen LogP contribution is 2.23. The Morgan fingerprint density at radius 1 is 0.952 bits per heavy atom. The highest BCUT2D eigenvalue weighted by Gasteiger charge is 2.30. The fourth-order valence-electron chi connectivity index (χ4n) is 1.96. The minimum Gasteiger partial charge on any atom is -0.406 e. The smallest absolute Gasteiger partial charge is 0.406 e. The quantitative estimate of drug-likeness (QED) is 0.922. The van der Waals surface area contributed by atoms with Gasteiger partial charge in [0.05, 0.1) is 6.10 Å². The summed E-state index contributed by atoms with van der Waals surface area (Å²) in [5, 5.41) is 9.98. The highest BCUT2D eigenvalue weighted by molar-refractivity contribution is 5.28. The van der Waals surface area contributed by atoms with E-state index in [0.29, 0.717) is 12.8 Å². The molecule has 0 fully saturated rings. The van der Waals surface area contributed by atoms with Gasteiger partial charge in [-0.2, -0.15) is 0 Å². The lowest BCUT2D eigenvalue weighted by molar-refractivity contribution is -0.274. The average Bonchev–Trinajstić information content (AvgIpc) is 2.40. The number of aliphatic hydroxyl groups is 1. The Labute approximate surface area is 120 Å². The third kappa shape index (κ3) is 5.43. The van der Waals surface area contributed by atoms with E-state index in [4.69, 9.17) is 0 Å². The van der Waals surface area contributed by atoms with Crippen LogP contribution in [0.2, 0.25) is 0 Å². The number of hydrogen-bond acceptors (Lipinski definition) is 3. The number of nitrogens with zero attached hydrogens (tertiary/aromatic N) is 1. The van der Waals surface area contributed by atoms with Gasteiger partial charge >= 0.3 is 6.36 Å². The predicted octanol–water partition coefficient (Wildman–Crippen LogP) is 3.13. The van der Waals surface area contributed by atoms with Crippen molar-refractivity contribution >= 4 is 0 Å². The molecule has 1 heterocycles. The number of aliphatic hydroxyl groups excluding tert-OH is 1. The molecular formula is C15H14F3NO2. The molecule has 1 aromatic carbocycles. The maximum Gasteiger partial charge on any atom is 0.573 e. The molecule has 112 valence electrons. The van der Waals surface area contributed by atoms with Gasteiger partial charge in [-0.05, 0) is 48.2 Å². The molecule has 6 heteroatoms. The molecule has 0 saturated heterocycles. The number of ether oxygens (including phenoxy) is 1. The van der Waals surface area contributed by atoms with Crippen molar-refractivity contribution in [3.05, 3.63) is 59.9 Å².